The Labute approximate surface area is 186 Å². The van der Waals surface area contributed by atoms with Crippen molar-refractivity contribution < 1.29 is 19.4 Å². The molecule has 0 bridgehead atoms. The van der Waals surface area contributed by atoms with Gasteiger partial charge in [0.25, 0.3) is 0 Å². The van der Waals surface area contributed by atoms with Gasteiger partial charge < -0.3 is 14.6 Å². The van der Waals surface area contributed by atoms with Gasteiger partial charge in [0, 0.05) is 11.1 Å². The Hall–Kier alpha value is -2.75. The van der Waals surface area contributed by atoms with Crippen LogP contribution in [0.15, 0.2) is 42.5 Å². The number of phenols is 1. The van der Waals surface area contributed by atoms with Crippen molar-refractivity contribution >= 4 is 11.9 Å². The fraction of sp³-hybridized carbons (Fsp3) is 0.444. The van der Waals surface area contributed by atoms with E-state index in [2.05, 4.69) is 40.7 Å². The van der Waals surface area contributed by atoms with E-state index in [4.69, 9.17) is 9.47 Å². The zero-order valence-electron chi connectivity index (χ0n) is 19.5. The SMILES string of the molecule is CCCCOc1ccc(C(C)(C)C)c(OCCCC)c1C=CC(=O)c1ccc(O)cc1. The van der Waals surface area contributed by atoms with Crippen LogP contribution < -0.4 is 9.47 Å². The van der Waals surface area contributed by atoms with E-state index in [-0.39, 0.29) is 16.9 Å². The number of unbranched alkanes of at least 4 members (excludes halogenated alkanes) is 2. The van der Waals surface area contributed by atoms with Gasteiger partial charge >= 0.3 is 0 Å². The summed E-state index contributed by atoms with van der Waals surface area (Å²) in [6.07, 6.45) is 7.36. The van der Waals surface area contributed by atoms with Crippen LogP contribution in [-0.4, -0.2) is 24.1 Å². The van der Waals surface area contributed by atoms with E-state index in [1.165, 1.54) is 12.1 Å². The van der Waals surface area contributed by atoms with Crippen LogP contribution in [0.2, 0.25) is 0 Å². The Morgan fingerprint density at radius 2 is 1.55 bits per heavy atom. The molecule has 0 aliphatic heterocycles. The van der Waals surface area contributed by atoms with Crippen molar-refractivity contribution in [3.8, 4) is 17.2 Å². The van der Waals surface area contributed by atoms with E-state index < -0.39 is 0 Å². The van der Waals surface area contributed by atoms with E-state index in [9.17, 15) is 9.90 Å². The summed E-state index contributed by atoms with van der Waals surface area (Å²) in [5.74, 6) is 1.50. The van der Waals surface area contributed by atoms with Crippen molar-refractivity contribution in [1.82, 2.24) is 0 Å². The molecule has 4 heteroatoms. The monoisotopic (exact) mass is 424 g/mol. The lowest BCUT2D eigenvalue weighted by Crippen LogP contribution is -2.15. The standard InChI is InChI=1S/C27H36O4/c1-6-8-18-30-25-17-15-23(27(3,4)5)26(31-19-9-7-2)22(25)14-16-24(29)20-10-12-21(28)13-11-20/h10-17,28H,6-9,18-19H2,1-5H3. The van der Waals surface area contributed by atoms with Gasteiger partial charge in [0.1, 0.15) is 17.2 Å². The van der Waals surface area contributed by atoms with Crippen LogP contribution in [0.1, 0.15) is 81.8 Å². The number of phenolic OH excluding ortho intramolecular Hbond substituents is 1. The van der Waals surface area contributed by atoms with Crippen molar-refractivity contribution in [2.45, 2.75) is 65.7 Å². The van der Waals surface area contributed by atoms with Gasteiger partial charge in [0.15, 0.2) is 5.78 Å². The number of aromatic hydroxyl groups is 1. The summed E-state index contributed by atoms with van der Waals surface area (Å²) in [6.45, 7) is 12.0. The summed E-state index contributed by atoms with van der Waals surface area (Å²) in [4.78, 5) is 12.7. The van der Waals surface area contributed by atoms with Crippen molar-refractivity contribution in [3.05, 3.63) is 59.2 Å². The maximum Gasteiger partial charge on any atom is 0.185 e. The average molecular weight is 425 g/mol. The largest absolute Gasteiger partial charge is 0.508 e. The number of carbonyl (C=O) groups excluding carboxylic acids is 1. The normalized spacial score (nSPS) is 11.6. The van der Waals surface area contributed by atoms with Crippen LogP contribution in [0, 0.1) is 0 Å². The summed E-state index contributed by atoms with van der Waals surface area (Å²) < 4.78 is 12.3. The summed E-state index contributed by atoms with van der Waals surface area (Å²) in [5, 5.41) is 9.47. The third-order valence-corrected chi connectivity index (χ3v) is 5.02. The van der Waals surface area contributed by atoms with Crippen molar-refractivity contribution in [3.63, 3.8) is 0 Å². The number of carbonyl (C=O) groups is 1. The maximum absolute atomic E-state index is 12.7. The van der Waals surface area contributed by atoms with Gasteiger partial charge in [0.2, 0.25) is 0 Å². The molecule has 0 saturated heterocycles. The lowest BCUT2D eigenvalue weighted by atomic mass is 9.84. The van der Waals surface area contributed by atoms with Gasteiger partial charge in [-0.15, -0.1) is 0 Å². The molecule has 0 radical (unpaired) electrons. The molecule has 0 amide bonds. The average Bonchev–Trinajstić information content (AvgIpc) is 2.72. The molecule has 2 rings (SSSR count). The number of ketones is 1. The quantitative estimate of drug-likeness (QED) is 0.241. The molecule has 0 aliphatic rings. The number of rotatable bonds is 11. The fourth-order valence-electron chi connectivity index (χ4n) is 3.14. The summed E-state index contributed by atoms with van der Waals surface area (Å²) in [5.41, 5.74) is 2.28. The van der Waals surface area contributed by atoms with E-state index in [1.807, 2.05) is 6.07 Å². The van der Waals surface area contributed by atoms with E-state index in [0.29, 0.717) is 18.8 Å². The van der Waals surface area contributed by atoms with E-state index in [0.717, 1.165) is 48.3 Å². The van der Waals surface area contributed by atoms with Crippen LogP contribution in [-0.2, 0) is 5.41 Å². The maximum atomic E-state index is 12.7. The summed E-state index contributed by atoms with van der Waals surface area (Å²) >= 11 is 0. The second-order valence-electron chi connectivity index (χ2n) is 8.75. The molecule has 0 unspecified atom stereocenters. The Morgan fingerprint density at radius 1 is 0.935 bits per heavy atom. The molecular weight excluding hydrogens is 388 g/mol. The van der Waals surface area contributed by atoms with Gasteiger partial charge in [-0.3, -0.25) is 4.79 Å². The molecule has 0 saturated carbocycles. The van der Waals surface area contributed by atoms with Gasteiger partial charge in [-0.05, 0) is 60.7 Å². The molecule has 31 heavy (non-hydrogen) atoms. The minimum Gasteiger partial charge on any atom is -0.508 e. The van der Waals surface area contributed by atoms with Crippen molar-refractivity contribution in [2.75, 3.05) is 13.2 Å². The Bertz CT molecular complexity index is 873. The van der Waals surface area contributed by atoms with Crippen LogP contribution in [0.5, 0.6) is 17.2 Å². The first-order valence-corrected chi connectivity index (χ1v) is 11.2. The number of hydrogen-bond donors (Lipinski definition) is 1. The molecule has 0 aliphatic carbocycles. The fourth-order valence-corrected chi connectivity index (χ4v) is 3.14. The van der Waals surface area contributed by atoms with Crippen LogP contribution >= 0.6 is 0 Å². The molecule has 168 valence electrons. The summed E-state index contributed by atoms with van der Waals surface area (Å²) in [7, 11) is 0. The second kappa shape index (κ2) is 11.6. The van der Waals surface area contributed by atoms with Gasteiger partial charge in [-0.1, -0.05) is 53.5 Å². The second-order valence-corrected chi connectivity index (χ2v) is 8.75. The lowest BCUT2D eigenvalue weighted by molar-refractivity contribution is 0.104. The molecule has 1 N–H and O–H groups in total. The third-order valence-electron chi connectivity index (χ3n) is 5.02. The third kappa shape index (κ3) is 7.16. The highest BCUT2D eigenvalue weighted by molar-refractivity contribution is 6.07. The molecule has 0 fully saturated rings. The number of ether oxygens (including phenoxy) is 2. The Morgan fingerprint density at radius 3 is 2.13 bits per heavy atom. The zero-order valence-corrected chi connectivity index (χ0v) is 19.5. The molecule has 2 aromatic rings. The molecule has 2 aromatic carbocycles. The minimum absolute atomic E-state index is 0.118. The lowest BCUT2D eigenvalue weighted by Gasteiger charge is -2.25. The predicted molar refractivity (Wildman–Crippen MR) is 127 cm³/mol. The van der Waals surface area contributed by atoms with Crippen LogP contribution in [0.4, 0.5) is 0 Å². The highest BCUT2D eigenvalue weighted by Gasteiger charge is 2.23. The van der Waals surface area contributed by atoms with Crippen LogP contribution in [0.25, 0.3) is 6.08 Å². The predicted octanol–water partition coefficient (Wildman–Crippen LogP) is 6.94. The Balaban J connectivity index is 2.48. The molecule has 0 atom stereocenters. The highest BCUT2D eigenvalue weighted by Crippen LogP contribution is 2.40. The Kier molecular flexibility index (Phi) is 9.17. The first-order valence-electron chi connectivity index (χ1n) is 11.2. The van der Waals surface area contributed by atoms with E-state index in [1.54, 1.807) is 24.3 Å². The van der Waals surface area contributed by atoms with Crippen LogP contribution in [0.3, 0.4) is 0 Å². The molecule has 0 heterocycles. The molecular formula is C27H36O4. The van der Waals surface area contributed by atoms with Crippen molar-refractivity contribution in [1.29, 1.82) is 0 Å². The van der Waals surface area contributed by atoms with Gasteiger partial charge in [-0.25, -0.2) is 0 Å². The molecule has 0 aromatic heterocycles. The zero-order chi connectivity index (χ0) is 22.9. The van der Waals surface area contributed by atoms with Gasteiger partial charge in [0.05, 0.1) is 18.8 Å². The number of allylic oxidation sites excluding steroid dienone is 1. The van der Waals surface area contributed by atoms with E-state index >= 15 is 0 Å². The first-order chi connectivity index (χ1) is 14.8. The number of hydrogen-bond acceptors (Lipinski definition) is 4. The topological polar surface area (TPSA) is 55.8 Å². The smallest absolute Gasteiger partial charge is 0.185 e. The highest BCUT2D eigenvalue weighted by atomic mass is 16.5. The molecule has 0 spiro atoms. The van der Waals surface area contributed by atoms with Gasteiger partial charge in [-0.2, -0.15) is 0 Å². The minimum atomic E-state index is -0.139. The molecule has 4 nitrogen and oxygen atoms in total. The first kappa shape index (κ1) is 24.5. The van der Waals surface area contributed by atoms with Crippen molar-refractivity contribution in [2.24, 2.45) is 0 Å². The summed E-state index contributed by atoms with van der Waals surface area (Å²) in [6, 6.07) is 10.3. The number of benzene rings is 2.